The van der Waals surface area contributed by atoms with Crippen molar-refractivity contribution in [1.29, 1.82) is 0 Å². The third kappa shape index (κ3) is 4.80. The number of piperazine rings is 1. The molecule has 2 amide bonds. The van der Waals surface area contributed by atoms with Gasteiger partial charge in [0.25, 0.3) is 5.91 Å². The first-order chi connectivity index (χ1) is 12.7. The Balaban J connectivity index is 1.49. The van der Waals surface area contributed by atoms with Gasteiger partial charge in [-0.1, -0.05) is 18.2 Å². The highest BCUT2D eigenvalue weighted by Crippen LogP contribution is 2.14. The van der Waals surface area contributed by atoms with Gasteiger partial charge in [-0.15, -0.1) is 11.3 Å². The minimum Gasteiger partial charge on any atom is -0.355 e. The van der Waals surface area contributed by atoms with Crippen LogP contribution in [0, 0.1) is 0 Å². The van der Waals surface area contributed by atoms with E-state index in [1.165, 1.54) is 4.88 Å². The largest absolute Gasteiger partial charge is 0.355 e. The molecule has 5 nitrogen and oxygen atoms in total. The molecule has 2 aromatic rings. The summed E-state index contributed by atoms with van der Waals surface area (Å²) in [7, 11) is 1.61. The van der Waals surface area contributed by atoms with E-state index < -0.39 is 0 Å². The van der Waals surface area contributed by atoms with Crippen LogP contribution in [0.5, 0.6) is 0 Å². The second-order valence-corrected chi connectivity index (χ2v) is 7.25. The monoisotopic (exact) mass is 369 g/mol. The molecule has 0 atom stereocenters. The first-order valence-corrected chi connectivity index (χ1v) is 9.57. The standard InChI is InChI=1S/C20H23N3O2S/c1-21-20(25)17-7-4-16(5-8-17)6-9-19(24)23-12-10-22(11-13-23)15-18-3-2-14-26-18/h2-9,14H,10-13,15H2,1H3,(H,21,25)/b9-6+. The Hall–Kier alpha value is -2.44. The van der Waals surface area contributed by atoms with Crippen molar-refractivity contribution < 1.29 is 9.59 Å². The number of hydrogen-bond donors (Lipinski definition) is 1. The van der Waals surface area contributed by atoms with E-state index in [0.717, 1.165) is 38.3 Å². The lowest BCUT2D eigenvalue weighted by atomic mass is 10.1. The molecule has 1 aliphatic rings. The summed E-state index contributed by atoms with van der Waals surface area (Å²) < 4.78 is 0. The molecule has 3 rings (SSSR count). The normalized spacial score (nSPS) is 15.3. The van der Waals surface area contributed by atoms with Crippen molar-refractivity contribution in [2.45, 2.75) is 6.54 Å². The van der Waals surface area contributed by atoms with Crippen LogP contribution in [0.1, 0.15) is 20.8 Å². The lowest BCUT2D eigenvalue weighted by Gasteiger charge is -2.33. The summed E-state index contributed by atoms with van der Waals surface area (Å²) in [5, 5.41) is 4.69. The first kappa shape index (κ1) is 18.4. The number of carbonyl (C=O) groups is 2. The summed E-state index contributed by atoms with van der Waals surface area (Å²) in [4.78, 5) is 29.5. The number of nitrogens with zero attached hydrogens (tertiary/aromatic N) is 2. The lowest BCUT2D eigenvalue weighted by Crippen LogP contribution is -2.47. The van der Waals surface area contributed by atoms with E-state index in [4.69, 9.17) is 0 Å². The fourth-order valence-corrected chi connectivity index (χ4v) is 3.66. The van der Waals surface area contributed by atoms with Crippen molar-refractivity contribution in [2.24, 2.45) is 0 Å². The number of thiophene rings is 1. The highest BCUT2D eigenvalue weighted by molar-refractivity contribution is 7.09. The quantitative estimate of drug-likeness (QED) is 0.824. The molecule has 0 unspecified atom stereocenters. The van der Waals surface area contributed by atoms with E-state index in [9.17, 15) is 9.59 Å². The molecular formula is C20H23N3O2S. The molecule has 6 heteroatoms. The summed E-state index contributed by atoms with van der Waals surface area (Å²) in [6.07, 6.45) is 3.41. The Morgan fingerprint density at radius 1 is 1.12 bits per heavy atom. The lowest BCUT2D eigenvalue weighted by molar-refractivity contribution is -0.127. The molecule has 0 bridgehead atoms. The van der Waals surface area contributed by atoms with Gasteiger partial charge in [-0.3, -0.25) is 14.5 Å². The topological polar surface area (TPSA) is 52.7 Å². The smallest absolute Gasteiger partial charge is 0.251 e. The molecule has 0 aliphatic carbocycles. The van der Waals surface area contributed by atoms with Crippen LogP contribution in [0.15, 0.2) is 47.9 Å². The van der Waals surface area contributed by atoms with Crippen molar-refractivity contribution >= 4 is 29.2 Å². The first-order valence-electron chi connectivity index (χ1n) is 8.69. The van der Waals surface area contributed by atoms with Gasteiger partial charge >= 0.3 is 0 Å². The molecule has 1 aliphatic heterocycles. The van der Waals surface area contributed by atoms with Crippen LogP contribution in [0.4, 0.5) is 0 Å². The number of rotatable bonds is 5. The van der Waals surface area contributed by atoms with Crippen LogP contribution >= 0.6 is 11.3 Å². The highest BCUT2D eigenvalue weighted by Gasteiger charge is 2.19. The zero-order chi connectivity index (χ0) is 18.4. The van der Waals surface area contributed by atoms with Crippen LogP contribution in [-0.2, 0) is 11.3 Å². The van der Waals surface area contributed by atoms with Crippen LogP contribution in [0.2, 0.25) is 0 Å². The molecule has 0 spiro atoms. The number of amides is 2. The number of benzene rings is 1. The van der Waals surface area contributed by atoms with E-state index >= 15 is 0 Å². The van der Waals surface area contributed by atoms with Gasteiger partial charge in [-0.2, -0.15) is 0 Å². The van der Waals surface area contributed by atoms with Gasteiger partial charge in [0.05, 0.1) is 0 Å². The molecule has 1 aromatic heterocycles. The van der Waals surface area contributed by atoms with Crippen molar-refractivity contribution in [2.75, 3.05) is 33.2 Å². The summed E-state index contributed by atoms with van der Waals surface area (Å²) >= 11 is 1.78. The second-order valence-electron chi connectivity index (χ2n) is 6.22. The van der Waals surface area contributed by atoms with Gasteiger partial charge in [-0.05, 0) is 35.2 Å². The van der Waals surface area contributed by atoms with Crippen LogP contribution in [0.25, 0.3) is 6.08 Å². The van der Waals surface area contributed by atoms with Crippen LogP contribution < -0.4 is 5.32 Å². The average Bonchev–Trinajstić information content (AvgIpc) is 3.19. The van der Waals surface area contributed by atoms with Gasteiger partial charge in [0, 0.05) is 56.3 Å². The Kier molecular flexibility index (Phi) is 6.20. The van der Waals surface area contributed by atoms with Crippen molar-refractivity contribution in [3.8, 4) is 0 Å². The predicted octanol–water partition coefficient (Wildman–Crippen LogP) is 2.47. The molecule has 2 heterocycles. The summed E-state index contributed by atoms with van der Waals surface area (Å²) in [5.41, 5.74) is 1.51. The van der Waals surface area contributed by atoms with Crippen LogP contribution in [-0.4, -0.2) is 54.8 Å². The average molecular weight is 369 g/mol. The molecule has 1 aromatic carbocycles. The number of nitrogens with one attached hydrogen (secondary N) is 1. The predicted molar refractivity (Wildman–Crippen MR) is 105 cm³/mol. The van der Waals surface area contributed by atoms with E-state index in [2.05, 4.69) is 27.7 Å². The molecule has 136 valence electrons. The van der Waals surface area contributed by atoms with Crippen molar-refractivity contribution in [1.82, 2.24) is 15.1 Å². The minimum absolute atomic E-state index is 0.0381. The number of carbonyl (C=O) groups excluding carboxylic acids is 2. The van der Waals surface area contributed by atoms with E-state index in [0.29, 0.717) is 5.56 Å². The van der Waals surface area contributed by atoms with Gasteiger partial charge in [0.15, 0.2) is 0 Å². The van der Waals surface area contributed by atoms with Gasteiger partial charge < -0.3 is 10.2 Å². The van der Waals surface area contributed by atoms with Crippen LogP contribution in [0.3, 0.4) is 0 Å². The van der Waals surface area contributed by atoms with E-state index in [1.807, 2.05) is 17.0 Å². The molecule has 0 saturated carbocycles. The zero-order valence-electron chi connectivity index (χ0n) is 14.9. The summed E-state index contributed by atoms with van der Waals surface area (Å²) in [6.45, 7) is 4.28. The van der Waals surface area contributed by atoms with Gasteiger partial charge in [-0.25, -0.2) is 0 Å². The number of hydrogen-bond acceptors (Lipinski definition) is 4. The minimum atomic E-state index is -0.114. The molecule has 1 saturated heterocycles. The summed E-state index contributed by atoms with van der Waals surface area (Å²) in [5.74, 6) is -0.0758. The Morgan fingerprint density at radius 3 is 2.46 bits per heavy atom. The molecule has 0 radical (unpaired) electrons. The maximum absolute atomic E-state index is 12.4. The molecule has 1 fully saturated rings. The van der Waals surface area contributed by atoms with E-state index in [1.54, 1.807) is 42.7 Å². The maximum Gasteiger partial charge on any atom is 0.251 e. The van der Waals surface area contributed by atoms with E-state index in [-0.39, 0.29) is 11.8 Å². The fraction of sp³-hybridized carbons (Fsp3) is 0.300. The molecular weight excluding hydrogens is 346 g/mol. The third-order valence-electron chi connectivity index (χ3n) is 4.46. The second kappa shape index (κ2) is 8.78. The molecule has 1 N–H and O–H groups in total. The highest BCUT2D eigenvalue weighted by atomic mass is 32.1. The summed E-state index contributed by atoms with van der Waals surface area (Å²) in [6, 6.07) is 11.4. The van der Waals surface area contributed by atoms with Crippen molar-refractivity contribution in [3.63, 3.8) is 0 Å². The Morgan fingerprint density at radius 2 is 1.85 bits per heavy atom. The molecule has 26 heavy (non-hydrogen) atoms. The zero-order valence-corrected chi connectivity index (χ0v) is 15.7. The maximum atomic E-state index is 12.4. The fourth-order valence-electron chi connectivity index (χ4n) is 2.91. The van der Waals surface area contributed by atoms with Crippen molar-refractivity contribution in [3.05, 3.63) is 63.9 Å². The Labute approximate surface area is 157 Å². The van der Waals surface area contributed by atoms with Gasteiger partial charge in [0.1, 0.15) is 0 Å². The SMILES string of the molecule is CNC(=O)c1ccc(/C=C/C(=O)N2CCN(Cc3cccs3)CC2)cc1. The third-order valence-corrected chi connectivity index (χ3v) is 5.32. The van der Waals surface area contributed by atoms with Gasteiger partial charge in [0.2, 0.25) is 5.91 Å². The Bertz CT molecular complexity index is 761.